The number of hydrogen-bond donors (Lipinski definition) is 3. The molecule has 1 aromatic rings. The van der Waals surface area contributed by atoms with Gasteiger partial charge in [-0.25, -0.2) is 0 Å². The second-order valence-electron chi connectivity index (χ2n) is 5.88. The maximum absolute atomic E-state index is 9.07. The molecule has 131 valence electrons. The molecule has 0 spiro atoms. The molecule has 0 heterocycles. The van der Waals surface area contributed by atoms with Crippen LogP contribution in [-0.4, -0.2) is 40.7 Å². The zero-order valence-corrected chi connectivity index (χ0v) is 18.7. The van der Waals surface area contributed by atoms with Crippen LogP contribution in [0.3, 0.4) is 0 Å². The number of aliphatic hydroxyl groups is 2. The first kappa shape index (κ1) is 25.7. The van der Waals surface area contributed by atoms with Gasteiger partial charge in [-0.3, -0.25) is 0 Å². The standard InChI is InChI=1S/C10H15OP.C7H16O3.Y/c1-7(2)10(12)8-3-5-9(11)6-4-8;1-3-10-7(2,6-9)4-5-8;/h3-7,10-11H,12H2,1-2H3;8-9H,3-6H2,1-2H3;. The fourth-order valence-corrected chi connectivity index (χ4v) is 2.09. The van der Waals surface area contributed by atoms with Gasteiger partial charge < -0.3 is 20.1 Å². The SMILES string of the molecule is CC(C)C(P)c1ccc(O)cc1.CCOC(C)(CO)CCO.[Y]. The molecule has 3 unspecified atom stereocenters. The van der Waals surface area contributed by atoms with E-state index in [1.807, 2.05) is 19.1 Å². The Hall–Kier alpha value is 0.434. The maximum Gasteiger partial charge on any atom is 0.115 e. The molecule has 0 saturated heterocycles. The van der Waals surface area contributed by atoms with E-state index in [1.54, 1.807) is 19.1 Å². The molecule has 0 aliphatic carbocycles. The molecule has 3 atom stereocenters. The molecule has 4 nitrogen and oxygen atoms in total. The number of rotatable bonds is 7. The zero-order valence-electron chi connectivity index (χ0n) is 14.7. The summed E-state index contributed by atoms with van der Waals surface area (Å²) in [5.74, 6) is 0.944. The van der Waals surface area contributed by atoms with Gasteiger partial charge in [0, 0.05) is 58.0 Å². The van der Waals surface area contributed by atoms with Gasteiger partial charge in [0.15, 0.2) is 0 Å². The molecule has 0 aliphatic rings. The number of benzene rings is 1. The van der Waals surface area contributed by atoms with E-state index in [-0.39, 0.29) is 45.9 Å². The van der Waals surface area contributed by atoms with Crippen LogP contribution < -0.4 is 0 Å². The molecular weight excluding hydrogens is 388 g/mol. The van der Waals surface area contributed by atoms with Gasteiger partial charge in [0.25, 0.3) is 0 Å². The molecule has 23 heavy (non-hydrogen) atoms. The molecule has 0 fully saturated rings. The predicted molar refractivity (Wildman–Crippen MR) is 94.2 cm³/mol. The van der Waals surface area contributed by atoms with Crippen molar-refractivity contribution in [3.63, 3.8) is 0 Å². The zero-order chi connectivity index (χ0) is 17.2. The van der Waals surface area contributed by atoms with E-state index >= 15 is 0 Å². The topological polar surface area (TPSA) is 69.9 Å². The van der Waals surface area contributed by atoms with Crippen molar-refractivity contribution in [3.8, 4) is 5.75 Å². The quantitative estimate of drug-likeness (QED) is 0.594. The van der Waals surface area contributed by atoms with E-state index in [4.69, 9.17) is 20.1 Å². The fourth-order valence-electron chi connectivity index (χ4n) is 1.86. The third kappa shape index (κ3) is 10.8. The summed E-state index contributed by atoms with van der Waals surface area (Å²) in [6.45, 7) is 8.60. The molecule has 0 saturated carbocycles. The smallest absolute Gasteiger partial charge is 0.115 e. The van der Waals surface area contributed by atoms with Crippen molar-refractivity contribution in [2.75, 3.05) is 19.8 Å². The monoisotopic (exact) mass is 419 g/mol. The van der Waals surface area contributed by atoms with Crippen molar-refractivity contribution in [3.05, 3.63) is 29.8 Å². The van der Waals surface area contributed by atoms with E-state index in [9.17, 15) is 0 Å². The first-order chi connectivity index (χ1) is 10.3. The summed E-state index contributed by atoms with van der Waals surface area (Å²) in [6, 6.07) is 7.39. The molecular formula is C17H31O4PY. The normalized spacial score (nSPS) is 14.3. The van der Waals surface area contributed by atoms with Gasteiger partial charge >= 0.3 is 0 Å². The Kier molecular flexibility index (Phi) is 15.3. The Morgan fingerprint density at radius 1 is 1.17 bits per heavy atom. The number of aliphatic hydroxyl groups excluding tert-OH is 2. The van der Waals surface area contributed by atoms with Gasteiger partial charge in [0.05, 0.1) is 12.2 Å². The molecule has 6 heteroatoms. The van der Waals surface area contributed by atoms with Crippen LogP contribution in [0.4, 0.5) is 0 Å². The van der Waals surface area contributed by atoms with Crippen LogP contribution in [0.5, 0.6) is 5.75 Å². The molecule has 3 N–H and O–H groups in total. The van der Waals surface area contributed by atoms with Crippen LogP contribution in [-0.2, 0) is 37.4 Å². The summed E-state index contributed by atoms with van der Waals surface area (Å²) in [5, 5.41) is 26.5. The van der Waals surface area contributed by atoms with Crippen LogP contribution in [0.15, 0.2) is 24.3 Å². The average Bonchev–Trinajstić information content (AvgIpc) is 2.48. The van der Waals surface area contributed by atoms with Gasteiger partial charge in [0.2, 0.25) is 0 Å². The van der Waals surface area contributed by atoms with E-state index in [0.29, 0.717) is 30.4 Å². The average molecular weight is 419 g/mol. The van der Waals surface area contributed by atoms with Crippen LogP contribution in [0, 0.1) is 5.92 Å². The minimum atomic E-state index is -0.552. The third-order valence-corrected chi connectivity index (χ3v) is 4.62. The van der Waals surface area contributed by atoms with Crippen molar-refractivity contribution in [2.45, 2.75) is 45.4 Å². The summed E-state index contributed by atoms with van der Waals surface area (Å²) < 4.78 is 5.21. The van der Waals surface area contributed by atoms with Gasteiger partial charge in [-0.2, -0.15) is 0 Å². The summed E-state index contributed by atoms with van der Waals surface area (Å²) >= 11 is 0. The fraction of sp³-hybridized carbons (Fsp3) is 0.647. The van der Waals surface area contributed by atoms with E-state index in [2.05, 4.69) is 23.1 Å². The number of ether oxygens (including phenoxy) is 1. The molecule has 0 aromatic heterocycles. The largest absolute Gasteiger partial charge is 0.508 e. The van der Waals surface area contributed by atoms with Crippen molar-refractivity contribution >= 4 is 9.24 Å². The number of phenols is 1. The molecule has 0 aliphatic heterocycles. The molecule has 0 amide bonds. The summed E-state index contributed by atoms with van der Waals surface area (Å²) in [5.41, 5.74) is 1.18. The van der Waals surface area contributed by atoms with Crippen molar-refractivity contribution in [2.24, 2.45) is 5.92 Å². The van der Waals surface area contributed by atoms with E-state index in [0.717, 1.165) is 0 Å². The Morgan fingerprint density at radius 2 is 1.70 bits per heavy atom. The van der Waals surface area contributed by atoms with Crippen LogP contribution in [0.2, 0.25) is 0 Å². The van der Waals surface area contributed by atoms with Crippen molar-refractivity contribution < 1.29 is 52.8 Å². The number of aromatic hydroxyl groups is 1. The summed E-state index contributed by atoms with van der Waals surface area (Å²) in [7, 11) is 2.82. The minimum Gasteiger partial charge on any atom is -0.508 e. The molecule has 1 rings (SSSR count). The van der Waals surface area contributed by atoms with Crippen LogP contribution in [0.1, 0.15) is 45.3 Å². The second-order valence-corrected chi connectivity index (χ2v) is 6.59. The van der Waals surface area contributed by atoms with Gasteiger partial charge in [0.1, 0.15) is 5.75 Å². The molecule has 0 bridgehead atoms. The minimum absolute atomic E-state index is 0. The van der Waals surface area contributed by atoms with Gasteiger partial charge in [-0.1, -0.05) is 26.0 Å². The van der Waals surface area contributed by atoms with E-state index < -0.39 is 5.60 Å². The Balaban J connectivity index is 0. The number of hydrogen-bond acceptors (Lipinski definition) is 4. The van der Waals surface area contributed by atoms with Gasteiger partial charge in [-0.05, 0) is 37.5 Å². The summed E-state index contributed by atoms with van der Waals surface area (Å²) in [4.78, 5) is 0. The summed E-state index contributed by atoms with van der Waals surface area (Å²) in [6.07, 6.45) is 0.483. The molecule has 1 aromatic carbocycles. The third-order valence-electron chi connectivity index (χ3n) is 3.46. The van der Waals surface area contributed by atoms with Gasteiger partial charge in [-0.15, -0.1) is 9.24 Å². The number of phenolic OH excluding ortho intramolecular Hbond substituents is 1. The van der Waals surface area contributed by atoms with Crippen LogP contribution in [0.25, 0.3) is 0 Å². The predicted octanol–water partition coefficient (Wildman–Crippen LogP) is 3.12. The van der Waals surface area contributed by atoms with Crippen LogP contribution >= 0.6 is 9.24 Å². The Morgan fingerprint density at radius 3 is 2.04 bits per heavy atom. The first-order valence-electron chi connectivity index (χ1n) is 7.69. The molecule has 1 radical (unpaired) electrons. The van der Waals surface area contributed by atoms with E-state index in [1.165, 1.54) is 5.56 Å². The second kappa shape index (κ2) is 13.7. The van der Waals surface area contributed by atoms with Crippen molar-refractivity contribution in [1.82, 2.24) is 0 Å². The van der Waals surface area contributed by atoms with Crippen molar-refractivity contribution in [1.29, 1.82) is 0 Å². The Labute approximate surface area is 168 Å². The maximum atomic E-state index is 9.07. The Bertz CT molecular complexity index is 392. The first-order valence-corrected chi connectivity index (χ1v) is 8.36.